The van der Waals surface area contributed by atoms with Crippen molar-refractivity contribution in [3.63, 3.8) is 0 Å². The highest BCUT2D eigenvalue weighted by atomic mass is 16.5. The number of amides is 1. The summed E-state index contributed by atoms with van der Waals surface area (Å²) in [7, 11) is 0. The van der Waals surface area contributed by atoms with Crippen molar-refractivity contribution in [2.75, 3.05) is 26.3 Å². The molecule has 2 atom stereocenters. The van der Waals surface area contributed by atoms with Crippen LogP contribution in [-0.4, -0.2) is 64.4 Å². The van der Waals surface area contributed by atoms with Gasteiger partial charge in [-0.3, -0.25) is 14.8 Å². The molecule has 0 bridgehead atoms. The van der Waals surface area contributed by atoms with E-state index < -0.39 is 0 Å². The zero-order valence-corrected chi connectivity index (χ0v) is 15.0. The van der Waals surface area contributed by atoms with E-state index in [-0.39, 0.29) is 11.9 Å². The SMILES string of the molecule is Cc1nc(-c2cccc(C(=O)NC[C@H](C)N3CCOC[C@H]3C)c2)n[nH]1. The van der Waals surface area contributed by atoms with Gasteiger partial charge in [-0.2, -0.15) is 5.10 Å². The Balaban J connectivity index is 1.61. The van der Waals surface area contributed by atoms with Crippen molar-refractivity contribution in [1.82, 2.24) is 25.4 Å². The van der Waals surface area contributed by atoms with Gasteiger partial charge in [-0.25, -0.2) is 4.98 Å². The zero-order valence-electron chi connectivity index (χ0n) is 15.0. The number of nitrogens with one attached hydrogen (secondary N) is 2. The molecule has 1 amide bonds. The first-order chi connectivity index (χ1) is 12.0. The first kappa shape index (κ1) is 17.6. The number of nitrogens with zero attached hydrogens (tertiary/aromatic N) is 3. The van der Waals surface area contributed by atoms with Gasteiger partial charge in [0, 0.05) is 36.3 Å². The number of aromatic nitrogens is 3. The summed E-state index contributed by atoms with van der Waals surface area (Å²) in [6.45, 7) is 9.14. The number of hydrogen-bond acceptors (Lipinski definition) is 5. The number of carbonyl (C=O) groups is 1. The Bertz CT molecular complexity index is 730. The Kier molecular flexibility index (Phi) is 5.45. The number of hydrogen-bond donors (Lipinski definition) is 2. The van der Waals surface area contributed by atoms with Crippen LogP contribution in [0.15, 0.2) is 24.3 Å². The lowest BCUT2D eigenvalue weighted by Crippen LogP contribution is -2.51. The lowest BCUT2D eigenvalue weighted by molar-refractivity contribution is -0.0178. The van der Waals surface area contributed by atoms with Gasteiger partial charge in [0.05, 0.1) is 13.2 Å². The molecule has 1 aliphatic rings. The third kappa shape index (κ3) is 4.24. The van der Waals surface area contributed by atoms with Crippen LogP contribution in [0.4, 0.5) is 0 Å². The Morgan fingerprint density at radius 3 is 3.08 bits per heavy atom. The Labute approximate surface area is 147 Å². The third-order valence-electron chi connectivity index (χ3n) is 4.52. The maximum Gasteiger partial charge on any atom is 0.251 e. The summed E-state index contributed by atoms with van der Waals surface area (Å²) in [5, 5.41) is 9.99. The highest BCUT2D eigenvalue weighted by Gasteiger charge is 2.24. The predicted octanol–water partition coefficient (Wildman–Crippen LogP) is 1.62. The molecule has 7 heteroatoms. The molecule has 1 aliphatic heterocycles. The Morgan fingerprint density at radius 1 is 1.52 bits per heavy atom. The molecule has 25 heavy (non-hydrogen) atoms. The van der Waals surface area contributed by atoms with Crippen LogP contribution in [0, 0.1) is 6.92 Å². The van der Waals surface area contributed by atoms with E-state index in [9.17, 15) is 4.79 Å². The average molecular weight is 343 g/mol. The fourth-order valence-corrected chi connectivity index (χ4v) is 3.13. The number of ether oxygens (including phenoxy) is 1. The van der Waals surface area contributed by atoms with Crippen LogP contribution in [0.25, 0.3) is 11.4 Å². The summed E-state index contributed by atoms with van der Waals surface area (Å²) < 4.78 is 5.47. The highest BCUT2D eigenvalue weighted by Crippen LogP contribution is 2.16. The van der Waals surface area contributed by atoms with Crippen molar-refractivity contribution in [3.8, 4) is 11.4 Å². The van der Waals surface area contributed by atoms with E-state index in [1.165, 1.54) is 0 Å². The largest absolute Gasteiger partial charge is 0.379 e. The molecule has 0 aliphatic carbocycles. The molecule has 3 rings (SSSR count). The number of aryl methyl sites for hydroxylation is 1. The minimum absolute atomic E-state index is 0.0816. The standard InChI is InChI=1S/C18H25N5O2/c1-12(23-7-8-25-11-13(23)2)10-19-18(24)16-6-4-5-15(9-16)17-20-14(3)21-22-17/h4-6,9,12-13H,7-8,10-11H2,1-3H3,(H,19,24)(H,20,21,22)/t12-,13+/m0/s1. The lowest BCUT2D eigenvalue weighted by atomic mass is 10.1. The maximum absolute atomic E-state index is 12.5. The summed E-state index contributed by atoms with van der Waals surface area (Å²) in [6, 6.07) is 8.01. The Morgan fingerprint density at radius 2 is 2.36 bits per heavy atom. The van der Waals surface area contributed by atoms with Crippen molar-refractivity contribution in [2.45, 2.75) is 32.9 Å². The van der Waals surface area contributed by atoms with Crippen LogP contribution in [0.5, 0.6) is 0 Å². The second-order valence-electron chi connectivity index (χ2n) is 6.55. The molecule has 2 heterocycles. The monoisotopic (exact) mass is 343 g/mol. The minimum atomic E-state index is -0.0816. The van der Waals surface area contributed by atoms with Gasteiger partial charge >= 0.3 is 0 Å². The number of benzene rings is 1. The molecule has 0 radical (unpaired) electrons. The fourth-order valence-electron chi connectivity index (χ4n) is 3.13. The van der Waals surface area contributed by atoms with Crippen molar-refractivity contribution < 1.29 is 9.53 Å². The van der Waals surface area contributed by atoms with Crippen molar-refractivity contribution in [1.29, 1.82) is 0 Å². The molecule has 0 unspecified atom stereocenters. The van der Waals surface area contributed by atoms with Crippen molar-refractivity contribution in [2.24, 2.45) is 0 Å². The van der Waals surface area contributed by atoms with Crippen LogP contribution >= 0.6 is 0 Å². The van der Waals surface area contributed by atoms with Crippen LogP contribution in [0.3, 0.4) is 0 Å². The fraction of sp³-hybridized carbons (Fsp3) is 0.500. The van der Waals surface area contributed by atoms with E-state index in [1.54, 1.807) is 6.07 Å². The molecule has 1 fully saturated rings. The van der Waals surface area contributed by atoms with E-state index in [0.717, 1.165) is 31.1 Å². The van der Waals surface area contributed by atoms with Gasteiger partial charge in [0.15, 0.2) is 5.82 Å². The Hall–Kier alpha value is -2.25. The minimum Gasteiger partial charge on any atom is -0.379 e. The molecule has 0 saturated carbocycles. The molecular weight excluding hydrogens is 318 g/mol. The zero-order chi connectivity index (χ0) is 17.8. The van der Waals surface area contributed by atoms with Gasteiger partial charge in [0.25, 0.3) is 5.91 Å². The van der Waals surface area contributed by atoms with E-state index in [4.69, 9.17) is 4.74 Å². The van der Waals surface area contributed by atoms with Crippen LogP contribution in [-0.2, 0) is 4.74 Å². The van der Waals surface area contributed by atoms with Crippen LogP contribution < -0.4 is 5.32 Å². The van der Waals surface area contributed by atoms with E-state index in [2.05, 4.69) is 39.2 Å². The average Bonchev–Trinajstić information content (AvgIpc) is 3.06. The first-order valence-corrected chi connectivity index (χ1v) is 8.65. The van der Waals surface area contributed by atoms with Crippen LogP contribution in [0.2, 0.25) is 0 Å². The van der Waals surface area contributed by atoms with Crippen molar-refractivity contribution in [3.05, 3.63) is 35.7 Å². The smallest absolute Gasteiger partial charge is 0.251 e. The van der Waals surface area contributed by atoms with E-state index in [1.807, 2.05) is 25.1 Å². The van der Waals surface area contributed by atoms with Crippen molar-refractivity contribution >= 4 is 5.91 Å². The summed E-state index contributed by atoms with van der Waals surface area (Å²) in [5.41, 5.74) is 1.44. The molecule has 7 nitrogen and oxygen atoms in total. The molecule has 2 N–H and O–H groups in total. The highest BCUT2D eigenvalue weighted by molar-refractivity contribution is 5.95. The molecule has 2 aromatic rings. The number of carbonyl (C=O) groups excluding carboxylic acids is 1. The van der Waals surface area contributed by atoms with E-state index >= 15 is 0 Å². The summed E-state index contributed by atoms with van der Waals surface area (Å²) in [4.78, 5) is 19.2. The quantitative estimate of drug-likeness (QED) is 0.862. The molecule has 1 aromatic heterocycles. The lowest BCUT2D eigenvalue weighted by Gasteiger charge is -2.37. The molecule has 0 spiro atoms. The first-order valence-electron chi connectivity index (χ1n) is 8.65. The molecule has 134 valence electrons. The summed E-state index contributed by atoms with van der Waals surface area (Å²) >= 11 is 0. The second kappa shape index (κ2) is 7.76. The normalized spacial score (nSPS) is 19.6. The molecule has 1 saturated heterocycles. The topological polar surface area (TPSA) is 83.1 Å². The second-order valence-corrected chi connectivity index (χ2v) is 6.55. The number of morpholine rings is 1. The van der Waals surface area contributed by atoms with Gasteiger partial charge in [-0.15, -0.1) is 0 Å². The van der Waals surface area contributed by atoms with Gasteiger partial charge < -0.3 is 10.1 Å². The predicted molar refractivity (Wildman–Crippen MR) is 95.3 cm³/mol. The van der Waals surface area contributed by atoms with Gasteiger partial charge in [0.1, 0.15) is 5.82 Å². The molecule has 1 aromatic carbocycles. The number of aromatic amines is 1. The van der Waals surface area contributed by atoms with Gasteiger partial charge in [0.2, 0.25) is 0 Å². The van der Waals surface area contributed by atoms with E-state index in [0.29, 0.717) is 24.0 Å². The number of rotatable bonds is 5. The maximum atomic E-state index is 12.5. The molecular formula is C18H25N5O2. The van der Waals surface area contributed by atoms with Gasteiger partial charge in [-0.1, -0.05) is 12.1 Å². The summed E-state index contributed by atoms with van der Waals surface area (Å²) in [5.74, 6) is 1.27. The third-order valence-corrected chi connectivity index (χ3v) is 4.52. The number of H-pyrrole nitrogens is 1. The van der Waals surface area contributed by atoms with Crippen LogP contribution in [0.1, 0.15) is 30.0 Å². The van der Waals surface area contributed by atoms with Gasteiger partial charge in [-0.05, 0) is 32.9 Å². The summed E-state index contributed by atoms with van der Waals surface area (Å²) in [6.07, 6.45) is 0.